The van der Waals surface area contributed by atoms with Gasteiger partial charge in [0.1, 0.15) is 5.75 Å². The highest BCUT2D eigenvalue weighted by molar-refractivity contribution is 7.97. The van der Waals surface area contributed by atoms with E-state index in [0.29, 0.717) is 5.75 Å². The fraction of sp³-hybridized carbons (Fsp3) is 0.125. The van der Waals surface area contributed by atoms with Crippen molar-refractivity contribution in [2.75, 3.05) is 6.61 Å². The van der Waals surface area contributed by atoms with Gasteiger partial charge in [0, 0.05) is 4.90 Å². The third-order valence-electron chi connectivity index (χ3n) is 1.24. The van der Waals surface area contributed by atoms with Crippen LogP contribution in [-0.4, -0.2) is 12.9 Å². The van der Waals surface area contributed by atoms with E-state index in [0.717, 1.165) is 16.8 Å². The molecule has 2 N–H and O–H groups in total. The standard InChI is InChI=1S/C8H8NO2S/c9-12-8-3-1-2-7(6-8)11-5-4-10/h1-3,6H,5,9H2. The van der Waals surface area contributed by atoms with Gasteiger partial charge in [-0.05, 0) is 30.1 Å². The van der Waals surface area contributed by atoms with Crippen LogP contribution < -0.4 is 9.88 Å². The maximum absolute atomic E-state index is 9.85. The van der Waals surface area contributed by atoms with Crippen LogP contribution >= 0.6 is 11.9 Å². The number of hydrogen-bond acceptors (Lipinski definition) is 4. The fourth-order valence-corrected chi connectivity index (χ4v) is 1.09. The molecule has 0 bridgehead atoms. The molecule has 0 saturated heterocycles. The monoisotopic (exact) mass is 182 g/mol. The van der Waals surface area contributed by atoms with Gasteiger partial charge >= 0.3 is 0 Å². The summed E-state index contributed by atoms with van der Waals surface area (Å²) < 4.78 is 5.01. The van der Waals surface area contributed by atoms with Crippen molar-refractivity contribution in [2.45, 2.75) is 4.90 Å². The topological polar surface area (TPSA) is 52.3 Å². The molecule has 63 valence electrons. The Morgan fingerprint density at radius 1 is 1.58 bits per heavy atom. The van der Waals surface area contributed by atoms with E-state index in [-0.39, 0.29) is 6.61 Å². The summed E-state index contributed by atoms with van der Waals surface area (Å²) >= 11 is 1.14. The summed E-state index contributed by atoms with van der Waals surface area (Å²) in [5.41, 5.74) is 0. The Balaban J connectivity index is 2.65. The minimum atomic E-state index is -0.0430. The summed E-state index contributed by atoms with van der Waals surface area (Å²) in [5.74, 6) is 0.633. The van der Waals surface area contributed by atoms with Crippen LogP contribution in [0.4, 0.5) is 0 Å². The number of hydrogen-bond donors (Lipinski definition) is 1. The highest BCUT2D eigenvalue weighted by Gasteiger charge is 1.94. The molecule has 0 unspecified atom stereocenters. The van der Waals surface area contributed by atoms with Crippen molar-refractivity contribution in [3.63, 3.8) is 0 Å². The lowest BCUT2D eigenvalue weighted by atomic mass is 10.3. The van der Waals surface area contributed by atoms with Crippen LogP contribution in [0, 0.1) is 0 Å². The first-order chi connectivity index (χ1) is 5.86. The summed E-state index contributed by atoms with van der Waals surface area (Å²) in [4.78, 5) is 10.8. The van der Waals surface area contributed by atoms with E-state index < -0.39 is 0 Å². The van der Waals surface area contributed by atoms with Crippen LogP contribution in [0.5, 0.6) is 5.75 Å². The molecular formula is C8H8NO2S. The van der Waals surface area contributed by atoms with Gasteiger partial charge in [-0.15, -0.1) is 0 Å². The molecule has 0 aliphatic carbocycles. The lowest BCUT2D eigenvalue weighted by Crippen LogP contribution is -1.97. The Morgan fingerprint density at radius 2 is 2.42 bits per heavy atom. The van der Waals surface area contributed by atoms with E-state index in [4.69, 9.17) is 9.88 Å². The summed E-state index contributed by atoms with van der Waals surface area (Å²) in [6, 6.07) is 7.20. The van der Waals surface area contributed by atoms with Crippen LogP contribution in [0.25, 0.3) is 0 Å². The zero-order chi connectivity index (χ0) is 8.81. The molecule has 0 aromatic heterocycles. The quantitative estimate of drug-likeness (QED) is 0.709. The number of carbonyl (C=O) groups excluding carboxylic acids is 1. The summed E-state index contributed by atoms with van der Waals surface area (Å²) in [7, 11) is 0. The summed E-state index contributed by atoms with van der Waals surface area (Å²) in [6.07, 6.45) is 1.64. The molecule has 4 heteroatoms. The zero-order valence-corrected chi connectivity index (χ0v) is 7.14. The van der Waals surface area contributed by atoms with E-state index in [2.05, 4.69) is 0 Å². The first-order valence-corrected chi connectivity index (χ1v) is 4.19. The fourth-order valence-electron chi connectivity index (χ4n) is 0.750. The van der Waals surface area contributed by atoms with Crippen molar-refractivity contribution in [1.82, 2.24) is 0 Å². The third-order valence-corrected chi connectivity index (χ3v) is 1.77. The third kappa shape index (κ3) is 2.56. The molecule has 0 fully saturated rings. The van der Waals surface area contributed by atoms with Gasteiger partial charge in [-0.1, -0.05) is 6.07 Å². The maximum Gasteiger partial charge on any atom is 0.239 e. The molecule has 1 aromatic carbocycles. The van der Waals surface area contributed by atoms with Gasteiger partial charge in [-0.2, -0.15) is 0 Å². The normalized spacial score (nSPS) is 9.42. The molecule has 0 saturated carbocycles. The molecule has 1 aromatic rings. The number of rotatable bonds is 4. The second-order valence-electron chi connectivity index (χ2n) is 2.03. The van der Waals surface area contributed by atoms with Gasteiger partial charge in [0.15, 0.2) is 6.61 Å². The van der Waals surface area contributed by atoms with Crippen LogP contribution in [-0.2, 0) is 4.79 Å². The maximum atomic E-state index is 9.85. The average Bonchev–Trinajstić information content (AvgIpc) is 2.15. The molecule has 12 heavy (non-hydrogen) atoms. The summed E-state index contributed by atoms with van der Waals surface area (Å²) in [5, 5.41) is 5.33. The van der Waals surface area contributed by atoms with Gasteiger partial charge < -0.3 is 4.74 Å². The molecule has 0 spiro atoms. The highest BCUT2D eigenvalue weighted by Crippen LogP contribution is 2.18. The molecule has 0 heterocycles. The van der Waals surface area contributed by atoms with Crippen molar-refractivity contribution in [1.29, 1.82) is 0 Å². The SMILES string of the molecule is NSc1cccc(OC[C]=O)c1. The van der Waals surface area contributed by atoms with Crippen molar-refractivity contribution >= 4 is 18.2 Å². The van der Waals surface area contributed by atoms with Crippen molar-refractivity contribution < 1.29 is 9.53 Å². The molecule has 0 atom stereocenters. The van der Waals surface area contributed by atoms with E-state index in [1.165, 1.54) is 0 Å². The Hall–Kier alpha value is -1.00. The van der Waals surface area contributed by atoms with Gasteiger partial charge in [0.2, 0.25) is 6.29 Å². The van der Waals surface area contributed by atoms with E-state index in [1.54, 1.807) is 18.4 Å². The smallest absolute Gasteiger partial charge is 0.239 e. The van der Waals surface area contributed by atoms with Gasteiger partial charge in [-0.3, -0.25) is 9.93 Å². The van der Waals surface area contributed by atoms with Crippen molar-refractivity contribution in [2.24, 2.45) is 5.14 Å². The number of benzene rings is 1. The highest BCUT2D eigenvalue weighted by atomic mass is 32.2. The van der Waals surface area contributed by atoms with Crippen molar-refractivity contribution in [3.8, 4) is 5.75 Å². The minimum absolute atomic E-state index is 0.0430. The Kier molecular flexibility index (Phi) is 3.63. The molecule has 0 amide bonds. The van der Waals surface area contributed by atoms with Crippen LogP contribution in [0.15, 0.2) is 29.2 Å². The first-order valence-electron chi connectivity index (χ1n) is 3.31. The lowest BCUT2D eigenvalue weighted by molar-refractivity contribution is 0.364. The molecule has 3 nitrogen and oxygen atoms in total. The van der Waals surface area contributed by atoms with Gasteiger partial charge in [0.25, 0.3) is 0 Å². The van der Waals surface area contributed by atoms with E-state index >= 15 is 0 Å². The average molecular weight is 182 g/mol. The summed E-state index contributed by atoms with van der Waals surface area (Å²) in [6.45, 7) is -0.0430. The van der Waals surface area contributed by atoms with E-state index in [1.807, 2.05) is 12.1 Å². The Bertz CT molecular complexity index is 265. The van der Waals surface area contributed by atoms with Crippen LogP contribution in [0.3, 0.4) is 0 Å². The predicted octanol–water partition coefficient (Wildman–Crippen LogP) is 1.14. The zero-order valence-electron chi connectivity index (χ0n) is 6.32. The van der Waals surface area contributed by atoms with Crippen LogP contribution in [0.2, 0.25) is 0 Å². The lowest BCUT2D eigenvalue weighted by Gasteiger charge is -2.02. The number of nitrogens with two attached hydrogens (primary N) is 1. The van der Waals surface area contributed by atoms with E-state index in [9.17, 15) is 4.79 Å². The first kappa shape index (κ1) is 9.09. The molecule has 0 aliphatic heterocycles. The van der Waals surface area contributed by atoms with Crippen molar-refractivity contribution in [3.05, 3.63) is 24.3 Å². The van der Waals surface area contributed by atoms with Gasteiger partial charge in [-0.25, -0.2) is 0 Å². The Labute approximate surface area is 75.0 Å². The van der Waals surface area contributed by atoms with Crippen LogP contribution in [0.1, 0.15) is 0 Å². The predicted molar refractivity (Wildman–Crippen MR) is 47.7 cm³/mol. The molecule has 1 radical (unpaired) electrons. The Morgan fingerprint density at radius 3 is 3.08 bits per heavy atom. The second-order valence-corrected chi connectivity index (χ2v) is 2.73. The largest absolute Gasteiger partial charge is 0.485 e. The molecule has 0 aliphatic rings. The number of ether oxygens (including phenoxy) is 1. The molecule has 1 rings (SSSR count). The minimum Gasteiger partial charge on any atom is -0.485 e. The molecular weight excluding hydrogens is 174 g/mol. The second kappa shape index (κ2) is 4.79. The van der Waals surface area contributed by atoms with Gasteiger partial charge in [0.05, 0.1) is 0 Å².